The van der Waals surface area contributed by atoms with Crippen molar-refractivity contribution < 1.29 is 19.1 Å². The molecule has 0 atom stereocenters. The minimum atomic E-state index is -0.459. The van der Waals surface area contributed by atoms with E-state index in [1.54, 1.807) is 36.4 Å². The molecule has 1 amide bonds. The normalized spacial score (nSPS) is 9.96. The van der Waals surface area contributed by atoms with Crippen LogP contribution in [0.25, 0.3) is 0 Å². The van der Waals surface area contributed by atoms with Crippen LogP contribution < -0.4 is 10.1 Å². The second-order valence-corrected chi connectivity index (χ2v) is 4.90. The summed E-state index contributed by atoms with van der Waals surface area (Å²) in [5.74, 6) is -0.215. The average molecular weight is 335 g/mol. The Kier molecular flexibility index (Phi) is 6.38. The Hall–Kier alpha value is -2.60. The van der Waals surface area contributed by atoms with Gasteiger partial charge in [0.15, 0.2) is 6.61 Å². The fourth-order valence-electron chi connectivity index (χ4n) is 1.64. The third-order valence-corrected chi connectivity index (χ3v) is 3.01. The highest BCUT2D eigenvalue weighted by molar-refractivity contribution is 6.30. The number of nitrogens with one attached hydrogen (secondary N) is 1. The lowest BCUT2D eigenvalue weighted by Crippen LogP contribution is -2.32. The Labute approximate surface area is 138 Å². The van der Waals surface area contributed by atoms with E-state index < -0.39 is 5.97 Å². The summed E-state index contributed by atoms with van der Waals surface area (Å²) >= 11 is 5.75. The van der Waals surface area contributed by atoms with Crippen molar-refractivity contribution in [2.45, 2.75) is 0 Å². The van der Waals surface area contributed by atoms with Crippen LogP contribution >= 0.6 is 11.6 Å². The summed E-state index contributed by atoms with van der Waals surface area (Å²) in [6, 6.07) is 9.81. The van der Waals surface area contributed by atoms with Crippen LogP contribution in [0.5, 0.6) is 5.75 Å². The summed E-state index contributed by atoms with van der Waals surface area (Å²) in [6.45, 7) is 0.160. The standard InChI is InChI=1S/C16H15ClN2O4/c17-13-1-3-14(4-2-13)23-11-15(20)19-9-10-22-16(21)12-5-7-18-8-6-12/h1-8H,9-11H2,(H,19,20). The van der Waals surface area contributed by atoms with Crippen LogP contribution in [-0.2, 0) is 9.53 Å². The first-order valence-electron chi connectivity index (χ1n) is 6.87. The number of pyridine rings is 1. The molecule has 0 aliphatic heterocycles. The fourth-order valence-corrected chi connectivity index (χ4v) is 1.76. The van der Waals surface area contributed by atoms with E-state index in [1.165, 1.54) is 12.4 Å². The van der Waals surface area contributed by atoms with Crippen LogP contribution in [0.4, 0.5) is 0 Å². The van der Waals surface area contributed by atoms with Crippen molar-refractivity contribution in [3.8, 4) is 5.75 Å². The van der Waals surface area contributed by atoms with Crippen LogP contribution in [0.15, 0.2) is 48.8 Å². The number of nitrogens with zero attached hydrogens (tertiary/aromatic N) is 1. The summed E-state index contributed by atoms with van der Waals surface area (Å²) in [5.41, 5.74) is 0.414. The van der Waals surface area contributed by atoms with Gasteiger partial charge < -0.3 is 14.8 Å². The van der Waals surface area contributed by atoms with E-state index in [-0.39, 0.29) is 25.7 Å². The molecule has 1 aromatic heterocycles. The Morgan fingerprint density at radius 2 is 1.78 bits per heavy atom. The van der Waals surface area contributed by atoms with Gasteiger partial charge >= 0.3 is 5.97 Å². The summed E-state index contributed by atoms with van der Waals surface area (Å²) < 4.78 is 10.3. The number of amides is 1. The number of benzene rings is 1. The summed E-state index contributed by atoms with van der Waals surface area (Å²) in [6.07, 6.45) is 3.01. The summed E-state index contributed by atoms with van der Waals surface area (Å²) in [5, 5.41) is 3.19. The fraction of sp³-hybridized carbons (Fsp3) is 0.188. The minimum absolute atomic E-state index is 0.0772. The van der Waals surface area contributed by atoms with Gasteiger partial charge in [-0.3, -0.25) is 9.78 Å². The molecule has 6 nitrogen and oxygen atoms in total. The molecule has 0 spiro atoms. The highest BCUT2D eigenvalue weighted by Gasteiger charge is 2.07. The van der Waals surface area contributed by atoms with Crippen LogP contribution in [0.2, 0.25) is 5.02 Å². The molecule has 120 valence electrons. The van der Waals surface area contributed by atoms with Crippen molar-refractivity contribution >= 4 is 23.5 Å². The molecular formula is C16H15ClN2O4. The Morgan fingerprint density at radius 1 is 1.09 bits per heavy atom. The first-order valence-corrected chi connectivity index (χ1v) is 7.25. The van der Waals surface area contributed by atoms with Crippen molar-refractivity contribution in [3.05, 3.63) is 59.4 Å². The molecule has 0 radical (unpaired) electrons. The van der Waals surface area contributed by atoms with Crippen molar-refractivity contribution in [1.29, 1.82) is 0 Å². The van der Waals surface area contributed by atoms with Crippen molar-refractivity contribution in [2.24, 2.45) is 0 Å². The zero-order valence-corrected chi connectivity index (χ0v) is 13.0. The number of esters is 1. The van der Waals surface area contributed by atoms with Crippen LogP contribution in [-0.4, -0.2) is 36.6 Å². The average Bonchev–Trinajstić information content (AvgIpc) is 2.59. The van der Waals surface area contributed by atoms with E-state index in [0.29, 0.717) is 16.3 Å². The molecule has 0 fully saturated rings. The molecule has 0 aliphatic carbocycles. The number of rotatable bonds is 7. The van der Waals surface area contributed by atoms with E-state index in [0.717, 1.165) is 0 Å². The zero-order valence-electron chi connectivity index (χ0n) is 12.2. The highest BCUT2D eigenvalue weighted by atomic mass is 35.5. The van der Waals surface area contributed by atoms with Gasteiger partial charge in [0.2, 0.25) is 0 Å². The summed E-state index contributed by atoms with van der Waals surface area (Å²) in [4.78, 5) is 27.0. The molecule has 23 heavy (non-hydrogen) atoms. The van der Waals surface area contributed by atoms with E-state index in [2.05, 4.69) is 10.3 Å². The molecule has 2 rings (SSSR count). The first kappa shape index (κ1) is 16.8. The van der Waals surface area contributed by atoms with Crippen molar-refractivity contribution in [1.82, 2.24) is 10.3 Å². The number of aromatic nitrogens is 1. The Morgan fingerprint density at radius 3 is 2.48 bits per heavy atom. The Balaban J connectivity index is 1.61. The number of carbonyl (C=O) groups is 2. The number of halogens is 1. The van der Waals surface area contributed by atoms with Gasteiger partial charge in [0.1, 0.15) is 12.4 Å². The van der Waals surface area contributed by atoms with Gasteiger partial charge in [0.25, 0.3) is 5.91 Å². The molecule has 2 aromatic rings. The maximum absolute atomic E-state index is 11.6. The summed E-state index contributed by atoms with van der Waals surface area (Å²) in [7, 11) is 0. The second-order valence-electron chi connectivity index (χ2n) is 4.46. The predicted molar refractivity (Wildman–Crippen MR) is 84.5 cm³/mol. The third-order valence-electron chi connectivity index (χ3n) is 2.76. The maximum Gasteiger partial charge on any atom is 0.338 e. The number of hydrogen-bond acceptors (Lipinski definition) is 5. The highest BCUT2D eigenvalue weighted by Crippen LogP contribution is 2.15. The lowest BCUT2D eigenvalue weighted by molar-refractivity contribution is -0.123. The molecule has 1 N–H and O–H groups in total. The smallest absolute Gasteiger partial charge is 0.338 e. The lowest BCUT2D eigenvalue weighted by atomic mass is 10.3. The molecule has 1 aromatic carbocycles. The number of hydrogen-bond donors (Lipinski definition) is 1. The molecule has 0 saturated heterocycles. The molecule has 0 aliphatic rings. The molecule has 0 bridgehead atoms. The number of ether oxygens (including phenoxy) is 2. The minimum Gasteiger partial charge on any atom is -0.484 e. The first-order chi connectivity index (χ1) is 11.1. The van der Waals surface area contributed by atoms with Gasteiger partial charge in [-0.25, -0.2) is 4.79 Å². The predicted octanol–water partition coefficient (Wildman–Crippen LogP) is 2.09. The van der Waals surface area contributed by atoms with E-state index >= 15 is 0 Å². The van der Waals surface area contributed by atoms with Gasteiger partial charge in [-0.1, -0.05) is 11.6 Å². The SMILES string of the molecule is O=C(COc1ccc(Cl)cc1)NCCOC(=O)c1ccncc1. The molecule has 0 unspecified atom stereocenters. The van der Waals surface area contributed by atoms with Gasteiger partial charge in [0.05, 0.1) is 12.1 Å². The molecular weight excluding hydrogens is 320 g/mol. The van der Waals surface area contributed by atoms with E-state index in [4.69, 9.17) is 21.1 Å². The van der Waals surface area contributed by atoms with E-state index in [9.17, 15) is 9.59 Å². The van der Waals surface area contributed by atoms with Gasteiger partial charge in [0, 0.05) is 17.4 Å². The quantitative estimate of drug-likeness (QED) is 0.619. The van der Waals surface area contributed by atoms with Crippen LogP contribution in [0.3, 0.4) is 0 Å². The topological polar surface area (TPSA) is 77.5 Å². The van der Waals surface area contributed by atoms with Crippen LogP contribution in [0.1, 0.15) is 10.4 Å². The van der Waals surface area contributed by atoms with Crippen molar-refractivity contribution in [2.75, 3.05) is 19.8 Å². The Bertz CT molecular complexity index is 647. The van der Waals surface area contributed by atoms with Gasteiger partial charge in [-0.2, -0.15) is 0 Å². The van der Waals surface area contributed by atoms with Gasteiger partial charge in [-0.05, 0) is 36.4 Å². The molecule has 0 saturated carbocycles. The molecule has 1 heterocycles. The lowest BCUT2D eigenvalue weighted by Gasteiger charge is -2.08. The third kappa shape index (κ3) is 5.96. The van der Waals surface area contributed by atoms with Crippen LogP contribution in [0, 0.1) is 0 Å². The van der Waals surface area contributed by atoms with E-state index in [1.807, 2.05) is 0 Å². The maximum atomic E-state index is 11.6. The largest absolute Gasteiger partial charge is 0.484 e. The zero-order chi connectivity index (χ0) is 16.5. The van der Waals surface area contributed by atoms with Crippen molar-refractivity contribution in [3.63, 3.8) is 0 Å². The number of carbonyl (C=O) groups excluding carboxylic acids is 2. The second kappa shape index (κ2) is 8.75. The van der Waals surface area contributed by atoms with Gasteiger partial charge in [-0.15, -0.1) is 0 Å². The monoisotopic (exact) mass is 334 g/mol. The molecule has 7 heteroatoms.